The van der Waals surface area contributed by atoms with Crippen LogP contribution in [0, 0.1) is 6.92 Å². The molecule has 1 aromatic carbocycles. The highest BCUT2D eigenvalue weighted by Gasteiger charge is 2.04. The maximum absolute atomic E-state index is 6.11. The Morgan fingerprint density at radius 1 is 1.29 bits per heavy atom. The van der Waals surface area contributed by atoms with E-state index >= 15 is 0 Å². The first-order valence-electron chi connectivity index (χ1n) is 4.98. The summed E-state index contributed by atoms with van der Waals surface area (Å²) in [7, 11) is 0. The van der Waals surface area contributed by atoms with Crippen LogP contribution in [0.25, 0.3) is 0 Å². The maximum Gasteiger partial charge on any atom is 0.0502 e. The monoisotopic (exact) mass is 393 g/mol. The summed E-state index contributed by atoms with van der Waals surface area (Å²) in [6.45, 7) is 2.79. The van der Waals surface area contributed by atoms with E-state index < -0.39 is 0 Å². The Balaban J connectivity index is 2.11. The normalized spacial score (nSPS) is 10.6. The number of thiophene rings is 1. The Morgan fingerprint density at radius 3 is 2.71 bits per heavy atom. The molecule has 0 amide bonds. The zero-order valence-electron chi connectivity index (χ0n) is 9.06. The maximum atomic E-state index is 6.11. The minimum Gasteiger partial charge on any atom is -0.379 e. The van der Waals surface area contributed by atoms with Crippen molar-refractivity contribution in [3.63, 3.8) is 0 Å². The van der Waals surface area contributed by atoms with E-state index in [9.17, 15) is 0 Å². The summed E-state index contributed by atoms with van der Waals surface area (Å²) in [5.41, 5.74) is 2.09. The first-order chi connectivity index (χ1) is 8.06. The molecule has 0 aliphatic carbocycles. The van der Waals surface area contributed by atoms with Crippen LogP contribution in [0.15, 0.2) is 32.5 Å². The standard InChI is InChI=1S/C12H10Br2ClNS/c1-7-2-10(14)12(4-11(7)15)16-5-9-3-8(13)6-17-9/h2-4,6,16H,5H2,1H3. The lowest BCUT2D eigenvalue weighted by molar-refractivity contribution is 1.18. The second-order valence-corrected chi connectivity index (χ2v) is 6.84. The van der Waals surface area contributed by atoms with Gasteiger partial charge in [-0.3, -0.25) is 0 Å². The molecule has 1 N–H and O–H groups in total. The minimum absolute atomic E-state index is 0.781. The fraction of sp³-hybridized carbons (Fsp3) is 0.167. The predicted molar refractivity (Wildman–Crippen MR) is 83.2 cm³/mol. The molecule has 0 saturated heterocycles. The molecular weight excluding hydrogens is 385 g/mol. The second-order valence-electron chi connectivity index (χ2n) is 3.67. The molecule has 0 bridgehead atoms. The first-order valence-corrected chi connectivity index (χ1v) is 7.83. The van der Waals surface area contributed by atoms with E-state index in [1.165, 1.54) is 4.88 Å². The van der Waals surface area contributed by atoms with Crippen LogP contribution in [0.3, 0.4) is 0 Å². The molecule has 0 spiro atoms. The lowest BCUT2D eigenvalue weighted by atomic mass is 10.2. The molecule has 1 aromatic heterocycles. The predicted octanol–water partition coefficient (Wildman–Crippen LogP) is 5.85. The van der Waals surface area contributed by atoms with Gasteiger partial charge in [0.05, 0.1) is 5.69 Å². The molecule has 0 aliphatic rings. The number of hydrogen-bond donors (Lipinski definition) is 1. The SMILES string of the molecule is Cc1cc(Br)c(NCc2cc(Br)cs2)cc1Cl. The summed E-state index contributed by atoms with van der Waals surface area (Å²) in [6.07, 6.45) is 0. The summed E-state index contributed by atoms with van der Waals surface area (Å²) in [6, 6.07) is 6.08. The second kappa shape index (κ2) is 5.74. The molecule has 2 rings (SSSR count). The highest BCUT2D eigenvalue weighted by molar-refractivity contribution is 9.10. The molecule has 1 nitrogen and oxygen atoms in total. The van der Waals surface area contributed by atoms with Gasteiger partial charge in [-0.1, -0.05) is 11.6 Å². The number of benzene rings is 1. The van der Waals surface area contributed by atoms with Crippen LogP contribution in [-0.4, -0.2) is 0 Å². The molecule has 0 saturated carbocycles. The van der Waals surface area contributed by atoms with Crippen LogP contribution in [0.5, 0.6) is 0 Å². The largest absolute Gasteiger partial charge is 0.379 e. The Morgan fingerprint density at radius 2 is 2.06 bits per heavy atom. The van der Waals surface area contributed by atoms with Gasteiger partial charge in [-0.15, -0.1) is 11.3 Å². The summed E-state index contributed by atoms with van der Waals surface area (Å²) in [4.78, 5) is 1.28. The van der Waals surface area contributed by atoms with Crippen LogP contribution in [-0.2, 0) is 6.54 Å². The quantitative estimate of drug-likeness (QED) is 0.688. The van der Waals surface area contributed by atoms with Crippen molar-refractivity contribution in [1.29, 1.82) is 0 Å². The van der Waals surface area contributed by atoms with Gasteiger partial charge in [0.15, 0.2) is 0 Å². The van der Waals surface area contributed by atoms with Gasteiger partial charge in [-0.05, 0) is 62.5 Å². The number of nitrogens with one attached hydrogen (secondary N) is 1. The van der Waals surface area contributed by atoms with E-state index in [4.69, 9.17) is 11.6 Å². The Kier molecular flexibility index (Phi) is 4.53. The minimum atomic E-state index is 0.781. The highest BCUT2D eigenvalue weighted by Crippen LogP contribution is 2.30. The number of halogens is 3. The molecule has 0 atom stereocenters. The van der Waals surface area contributed by atoms with E-state index in [0.29, 0.717) is 0 Å². The Labute approximate surface area is 126 Å². The smallest absolute Gasteiger partial charge is 0.0502 e. The fourth-order valence-electron chi connectivity index (χ4n) is 1.41. The van der Waals surface area contributed by atoms with Gasteiger partial charge in [0, 0.05) is 30.8 Å². The highest BCUT2D eigenvalue weighted by atomic mass is 79.9. The van der Waals surface area contributed by atoms with E-state index in [-0.39, 0.29) is 0 Å². The van der Waals surface area contributed by atoms with E-state index in [1.807, 2.05) is 19.1 Å². The van der Waals surface area contributed by atoms with Crippen LogP contribution in [0.4, 0.5) is 5.69 Å². The third kappa shape index (κ3) is 3.47. The van der Waals surface area contributed by atoms with Gasteiger partial charge < -0.3 is 5.32 Å². The molecule has 2 aromatic rings. The van der Waals surface area contributed by atoms with Crippen LogP contribution in [0.2, 0.25) is 5.02 Å². The number of rotatable bonds is 3. The van der Waals surface area contributed by atoms with Crippen molar-refractivity contribution >= 4 is 60.5 Å². The number of aryl methyl sites for hydroxylation is 1. The lowest BCUT2D eigenvalue weighted by Crippen LogP contribution is -1.98. The van der Waals surface area contributed by atoms with Crippen molar-refractivity contribution < 1.29 is 0 Å². The zero-order chi connectivity index (χ0) is 12.4. The first kappa shape index (κ1) is 13.4. The number of anilines is 1. The summed E-state index contributed by atoms with van der Waals surface area (Å²) < 4.78 is 2.16. The average molecular weight is 396 g/mol. The third-order valence-electron chi connectivity index (χ3n) is 2.32. The van der Waals surface area contributed by atoms with Gasteiger partial charge in [0.25, 0.3) is 0 Å². The van der Waals surface area contributed by atoms with Gasteiger partial charge in [-0.25, -0.2) is 0 Å². The van der Waals surface area contributed by atoms with Crippen molar-refractivity contribution in [3.8, 4) is 0 Å². The molecule has 0 unspecified atom stereocenters. The zero-order valence-corrected chi connectivity index (χ0v) is 13.8. The molecule has 1 heterocycles. The summed E-state index contributed by atoms with van der Waals surface area (Å²) in [5.74, 6) is 0. The van der Waals surface area contributed by atoms with Gasteiger partial charge in [-0.2, -0.15) is 0 Å². The van der Waals surface area contributed by atoms with Crippen molar-refractivity contribution in [2.45, 2.75) is 13.5 Å². The molecular formula is C12H10Br2ClNS. The van der Waals surface area contributed by atoms with Crippen LogP contribution >= 0.6 is 54.8 Å². The van der Waals surface area contributed by atoms with Gasteiger partial charge in [0.2, 0.25) is 0 Å². The Hall–Kier alpha value is -0.0300. The van der Waals surface area contributed by atoms with Crippen molar-refractivity contribution in [2.75, 3.05) is 5.32 Å². The summed E-state index contributed by atoms with van der Waals surface area (Å²) in [5, 5.41) is 6.23. The van der Waals surface area contributed by atoms with E-state index in [1.54, 1.807) is 11.3 Å². The lowest BCUT2D eigenvalue weighted by Gasteiger charge is -2.09. The Bertz CT molecular complexity index is 539. The van der Waals surface area contributed by atoms with Crippen LogP contribution < -0.4 is 5.32 Å². The van der Waals surface area contributed by atoms with E-state index in [0.717, 1.165) is 31.8 Å². The van der Waals surface area contributed by atoms with Gasteiger partial charge in [0.1, 0.15) is 0 Å². The van der Waals surface area contributed by atoms with Gasteiger partial charge >= 0.3 is 0 Å². The molecule has 0 radical (unpaired) electrons. The molecule has 0 fully saturated rings. The van der Waals surface area contributed by atoms with Crippen molar-refractivity contribution in [1.82, 2.24) is 0 Å². The van der Waals surface area contributed by atoms with E-state index in [2.05, 4.69) is 48.6 Å². The van der Waals surface area contributed by atoms with Crippen LogP contribution in [0.1, 0.15) is 10.4 Å². The van der Waals surface area contributed by atoms with Crippen molar-refractivity contribution in [2.24, 2.45) is 0 Å². The third-order valence-corrected chi connectivity index (χ3v) is 5.08. The molecule has 0 aliphatic heterocycles. The molecule has 5 heteroatoms. The molecule has 90 valence electrons. The topological polar surface area (TPSA) is 12.0 Å². The number of hydrogen-bond acceptors (Lipinski definition) is 2. The van der Waals surface area contributed by atoms with Crippen molar-refractivity contribution in [3.05, 3.63) is 48.0 Å². The fourth-order valence-corrected chi connectivity index (χ4v) is 3.56. The average Bonchev–Trinajstić information content (AvgIpc) is 2.68. The summed E-state index contributed by atoms with van der Waals surface area (Å²) >= 11 is 14.8. The molecule has 17 heavy (non-hydrogen) atoms.